The van der Waals surface area contributed by atoms with E-state index in [9.17, 15) is 9.59 Å². The lowest BCUT2D eigenvalue weighted by Crippen LogP contribution is -2.35. The van der Waals surface area contributed by atoms with Crippen LogP contribution in [0, 0.1) is 0 Å². The minimum absolute atomic E-state index is 0.0620. The quantitative estimate of drug-likeness (QED) is 0.0790. The van der Waals surface area contributed by atoms with Crippen molar-refractivity contribution in [3.63, 3.8) is 0 Å². The summed E-state index contributed by atoms with van der Waals surface area (Å²) in [6, 6.07) is 0. The Morgan fingerprint density at radius 1 is 0.750 bits per heavy atom. The summed E-state index contributed by atoms with van der Waals surface area (Å²) in [5, 5.41) is 14.0. The van der Waals surface area contributed by atoms with Crippen LogP contribution in [0.15, 0.2) is 72.9 Å². The van der Waals surface area contributed by atoms with Crippen LogP contribution in [0.25, 0.3) is 0 Å². The van der Waals surface area contributed by atoms with Gasteiger partial charge in [-0.2, -0.15) is 0 Å². The molecule has 0 fully saturated rings. The molecule has 0 rings (SSSR count). The third kappa shape index (κ3) is 26.5. The molecule has 0 aliphatic heterocycles. The van der Waals surface area contributed by atoms with Crippen molar-refractivity contribution in [1.29, 1.82) is 0 Å². The molecule has 0 heterocycles. The number of allylic oxidation sites excluding steroid dienone is 12. The first-order chi connectivity index (χ1) is 17.4. The van der Waals surface area contributed by atoms with E-state index in [1.165, 1.54) is 0 Å². The Bertz CT molecular complexity index is 754. The lowest BCUT2D eigenvalue weighted by atomic mass is 10.2. The number of hydrogen-bond acceptors (Lipinski definition) is 4. The fourth-order valence-electron chi connectivity index (χ4n) is 2.69. The molecule has 3 N–H and O–H groups in total. The lowest BCUT2D eigenvalue weighted by Gasteiger charge is -2.22. The summed E-state index contributed by atoms with van der Waals surface area (Å²) in [6.45, 7) is 7.13. The van der Waals surface area contributed by atoms with Crippen LogP contribution in [0.4, 0.5) is 4.79 Å². The molecule has 0 aromatic carbocycles. The first-order valence-corrected chi connectivity index (χ1v) is 15.1. The molecule has 0 saturated heterocycles. The van der Waals surface area contributed by atoms with Gasteiger partial charge in [0.2, 0.25) is 5.91 Å². The van der Waals surface area contributed by atoms with Crippen LogP contribution in [0.1, 0.15) is 72.1 Å². The van der Waals surface area contributed by atoms with Crippen molar-refractivity contribution in [2.75, 3.05) is 18.8 Å². The maximum absolute atomic E-state index is 11.9. The standard InChI is InChI=1S/C29H46N2O3S2/c1-4-5-6-7-8-9-10-11-12-13-14-15-16-17-18-19-20-21-22-23-27(32)30-24-25-35-36-29(2,3)26-31-28(33)34/h5-6,8-9,11-12,14-15,17-18,20-21,31H,4,7,10,13,16,19,22-26H2,1-3H3,(H,30,32)(H,33,34). The zero-order valence-corrected chi connectivity index (χ0v) is 23.9. The second-order valence-corrected chi connectivity index (χ2v) is 11.8. The highest BCUT2D eigenvalue weighted by molar-refractivity contribution is 8.77. The molecular formula is C29H46N2O3S2. The van der Waals surface area contributed by atoms with Gasteiger partial charge in [-0.05, 0) is 58.8 Å². The van der Waals surface area contributed by atoms with Gasteiger partial charge in [0.15, 0.2) is 0 Å². The van der Waals surface area contributed by atoms with Gasteiger partial charge in [-0.15, -0.1) is 0 Å². The monoisotopic (exact) mass is 534 g/mol. The van der Waals surface area contributed by atoms with Crippen LogP contribution in [-0.4, -0.2) is 40.7 Å². The summed E-state index contributed by atoms with van der Waals surface area (Å²) in [5.74, 6) is 0.847. The van der Waals surface area contributed by atoms with Gasteiger partial charge in [0.1, 0.15) is 0 Å². The molecule has 0 aliphatic rings. The number of carbonyl (C=O) groups is 2. The van der Waals surface area contributed by atoms with Crippen molar-refractivity contribution < 1.29 is 14.7 Å². The fourth-order valence-corrected chi connectivity index (χ4v) is 5.05. The number of nitrogens with one attached hydrogen (secondary N) is 2. The first-order valence-electron chi connectivity index (χ1n) is 12.8. The van der Waals surface area contributed by atoms with E-state index in [0.29, 0.717) is 19.5 Å². The highest BCUT2D eigenvalue weighted by Gasteiger charge is 2.19. The van der Waals surface area contributed by atoms with Crippen LogP contribution in [0.5, 0.6) is 0 Å². The normalized spacial score (nSPS) is 12.9. The molecule has 0 aliphatic carbocycles. The maximum Gasteiger partial charge on any atom is 0.404 e. The van der Waals surface area contributed by atoms with Crippen molar-refractivity contribution in [2.24, 2.45) is 0 Å². The van der Waals surface area contributed by atoms with E-state index >= 15 is 0 Å². The highest BCUT2D eigenvalue weighted by atomic mass is 33.1. The van der Waals surface area contributed by atoms with Gasteiger partial charge < -0.3 is 15.7 Å². The molecule has 0 unspecified atom stereocenters. The Labute approximate surface area is 227 Å². The third-order valence-electron chi connectivity index (χ3n) is 4.59. The zero-order valence-electron chi connectivity index (χ0n) is 22.3. The Kier molecular flexibility index (Phi) is 23.1. The molecule has 5 nitrogen and oxygen atoms in total. The molecule has 0 aromatic rings. The second-order valence-electron chi connectivity index (χ2n) is 8.63. The molecule has 2 amide bonds. The maximum atomic E-state index is 11.9. The summed E-state index contributed by atoms with van der Waals surface area (Å²) in [5.41, 5.74) is 0. The summed E-state index contributed by atoms with van der Waals surface area (Å²) in [4.78, 5) is 22.5. The topological polar surface area (TPSA) is 78.4 Å². The van der Waals surface area contributed by atoms with E-state index in [2.05, 4.69) is 90.5 Å². The summed E-state index contributed by atoms with van der Waals surface area (Å²) in [6.07, 6.45) is 32.2. The van der Waals surface area contributed by atoms with Crippen molar-refractivity contribution in [1.82, 2.24) is 10.6 Å². The van der Waals surface area contributed by atoms with Gasteiger partial charge in [0, 0.05) is 30.0 Å². The Hall–Kier alpha value is -2.12. The molecule has 36 heavy (non-hydrogen) atoms. The predicted octanol–water partition coefficient (Wildman–Crippen LogP) is 8.01. The second kappa shape index (κ2) is 24.6. The van der Waals surface area contributed by atoms with E-state index in [0.717, 1.165) is 50.7 Å². The molecule has 0 aromatic heterocycles. The summed E-state index contributed by atoms with van der Waals surface area (Å²) < 4.78 is -0.191. The molecular weight excluding hydrogens is 488 g/mol. The van der Waals surface area contributed by atoms with Crippen LogP contribution in [0.3, 0.4) is 0 Å². The largest absolute Gasteiger partial charge is 0.465 e. The van der Waals surface area contributed by atoms with Crippen LogP contribution >= 0.6 is 21.6 Å². The van der Waals surface area contributed by atoms with Gasteiger partial charge in [0.25, 0.3) is 0 Å². The minimum Gasteiger partial charge on any atom is -0.465 e. The molecule has 0 spiro atoms. The summed E-state index contributed by atoms with van der Waals surface area (Å²) in [7, 11) is 3.27. The average Bonchev–Trinajstić information content (AvgIpc) is 2.84. The SMILES string of the molecule is CCC=CCC=CCC=CCC=CCC=CCC=CCCC(=O)NCCSSC(C)(C)CNC(=O)O. The van der Waals surface area contributed by atoms with Gasteiger partial charge in [-0.1, -0.05) is 101 Å². The van der Waals surface area contributed by atoms with Crippen LogP contribution in [-0.2, 0) is 4.79 Å². The smallest absolute Gasteiger partial charge is 0.404 e. The molecule has 0 radical (unpaired) electrons. The Balaban J connectivity index is 3.65. The lowest BCUT2D eigenvalue weighted by molar-refractivity contribution is -0.120. The van der Waals surface area contributed by atoms with Crippen molar-refractivity contribution >= 4 is 33.6 Å². The van der Waals surface area contributed by atoms with E-state index in [4.69, 9.17) is 5.11 Å². The van der Waals surface area contributed by atoms with Gasteiger partial charge in [-0.25, -0.2) is 4.79 Å². The minimum atomic E-state index is -1.01. The first kappa shape index (κ1) is 33.9. The molecule has 202 valence electrons. The van der Waals surface area contributed by atoms with Crippen molar-refractivity contribution in [3.8, 4) is 0 Å². The van der Waals surface area contributed by atoms with E-state index in [1.807, 2.05) is 13.8 Å². The van der Waals surface area contributed by atoms with Crippen LogP contribution < -0.4 is 10.6 Å². The van der Waals surface area contributed by atoms with Gasteiger partial charge in [-0.3, -0.25) is 4.79 Å². The summed E-state index contributed by atoms with van der Waals surface area (Å²) >= 11 is 0. The Morgan fingerprint density at radius 3 is 1.69 bits per heavy atom. The molecule has 0 saturated carbocycles. The average molecular weight is 535 g/mol. The Morgan fingerprint density at radius 2 is 1.22 bits per heavy atom. The fraction of sp³-hybridized carbons (Fsp3) is 0.517. The van der Waals surface area contributed by atoms with Crippen molar-refractivity contribution in [2.45, 2.75) is 76.9 Å². The third-order valence-corrected chi connectivity index (χ3v) is 7.88. The van der Waals surface area contributed by atoms with Gasteiger partial charge >= 0.3 is 6.09 Å². The van der Waals surface area contributed by atoms with Crippen LogP contribution in [0.2, 0.25) is 0 Å². The molecule has 0 atom stereocenters. The highest BCUT2D eigenvalue weighted by Crippen LogP contribution is 2.34. The predicted molar refractivity (Wildman–Crippen MR) is 161 cm³/mol. The van der Waals surface area contributed by atoms with E-state index < -0.39 is 6.09 Å². The number of carbonyl (C=O) groups excluding carboxylic acids is 1. The number of amides is 2. The number of rotatable bonds is 21. The number of carboxylic acid groups (broad SMARTS) is 1. The van der Waals surface area contributed by atoms with E-state index in [-0.39, 0.29) is 10.7 Å². The van der Waals surface area contributed by atoms with E-state index in [1.54, 1.807) is 21.6 Å². The van der Waals surface area contributed by atoms with Crippen molar-refractivity contribution in [3.05, 3.63) is 72.9 Å². The van der Waals surface area contributed by atoms with Gasteiger partial charge in [0.05, 0.1) is 0 Å². The molecule has 7 heteroatoms. The molecule has 0 bridgehead atoms. The zero-order chi connectivity index (χ0) is 26.7. The number of hydrogen-bond donors (Lipinski definition) is 3.